The van der Waals surface area contributed by atoms with Crippen molar-refractivity contribution in [2.75, 3.05) is 26.2 Å². The van der Waals surface area contributed by atoms with Gasteiger partial charge < -0.3 is 9.15 Å². The Bertz CT molecular complexity index is 857. The summed E-state index contributed by atoms with van der Waals surface area (Å²) in [6.45, 7) is 3.98. The molecule has 0 spiro atoms. The van der Waals surface area contributed by atoms with Gasteiger partial charge >= 0.3 is 0 Å². The number of ether oxygens (including phenoxy) is 1. The Kier molecular flexibility index (Phi) is 6.10. The van der Waals surface area contributed by atoms with Crippen LogP contribution in [0.25, 0.3) is 0 Å². The first-order chi connectivity index (χ1) is 13.6. The van der Waals surface area contributed by atoms with E-state index in [1.165, 1.54) is 4.31 Å². The molecule has 0 radical (unpaired) electrons. The molecule has 2 aliphatic heterocycles. The predicted octanol–water partition coefficient (Wildman–Crippen LogP) is 2.64. The second-order valence-corrected chi connectivity index (χ2v) is 9.37. The van der Waals surface area contributed by atoms with Gasteiger partial charge in [0.05, 0.1) is 12.6 Å². The minimum atomic E-state index is -3.52. The van der Waals surface area contributed by atoms with Gasteiger partial charge in [-0.2, -0.15) is 4.31 Å². The molecule has 0 aliphatic carbocycles. The highest BCUT2D eigenvalue weighted by atomic mass is 32.2. The third-order valence-corrected chi connectivity index (χ3v) is 7.06. The molecule has 2 aliphatic rings. The van der Waals surface area contributed by atoms with Gasteiger partial charge in [0, 0.05) is 45.2 Å². The highest BCUT2D eigenvalue weighted by molar-refractivity contribution is 7.89. The van der Waals surface area contributed by atoms with Crippen molar-refractivity contribution >= 4 is 10.0 Å². The van der Waals surface area contributed by atoms with Gasteiger partial charge in [0.15, 0.2) is 0 Å². The molecule has 8 heteroatoms. The van der Waals surface area contributed by atoms with E-state index in [0.29, 0.717) is 31.9 Å². The molecule has 0 saturated carbocycles. The number of sulfonamides is 1. The number of furan rings is 1. The lowest BCUT2D eigenvalue weighted by atomic mass is 10.2. The first-order valence-corrected chi connectivity index (χ1v) is 11.4. The molecule has 4 heterocycles. The lowest BCUT2D eigenvalue weighted by Gasteiger charge is -2.24. The van der Waals surface area contributed by atoms with E-state index < -0.39 is 10.0 Å². The Morgan fingerprint density at radius 2 is 2.00 bits per heavy atom. The van der Waals surface area contributed by atoms with Crippen LogP contribution in [0.3, 0.4) is 0 Å². The molecule has 0 amide bonds. The third-order valence-electron chi connectivity index (χ3n) is 5.29. The number of rotatable bonds is 8. The second kappa shape index (κ2) is 8.73. The van der Waals surface area contributed by atoms with Crippen LogP contribution in [-0.4, -0.2) is 55.0 Å². The maximum absolute atomic E-state index is 12.7. The van der Waals surface area contributed by atoms with Crippen molar-refractivity contribution in [2.24, 2.45) is 0 Å². The highest BCUT2D eigenvalue weighted by Gasteiger charge is 2.30. The molecule has 1 unspecified atom stereocenters. The lowest BCUT2D eigenvalue weighted by molar-refractivity contribution is 0.0649. The summed E-state index contributed by atoms with van der Waals surface area (Å²) < 4.78 is 38.5. The molecule has 4 rings (SSSR count). The van der Waals surface area contributed by atoms with E-state index in [1.807, 2.05) is 18.3 Å². The Morgan fingerprint density at radius 3 is 2.71 bits per heavy atom. The summed E-state index contributed by atoms with van der Waals surface area (Å²) in [6, 6.07) is 7.32. The first kappa shape index (κ1) is 19.6. The Balaban J connectivity index is 1.47. The molecule has 28 heavy (non-hydrogen) atoms. The summed E-state index contributed by atoms with van der Waals surface area (Å²) in [5, 5.41) is 0.0443. The molecule has 2 aromatic heterocycles. The van der Waals surface area contributed by atoms with Crippen molar-refractivity contribution in [2.45, 2.75) is 50.0 Å². The van der Waals surface area contributed by atoms with Crippen molar-refractivity contribution in [1.29, 1.82) is 0 Å². The Morgan fingerprint density at radius 1 is 1.14 bits per heavy atom. The van der Waals surface area contributed by atoms with Crippen LogP contribution in [-0.2, 0) is 27.8 Å². The van der Waals surface area contributed by atoms with Crippen LogP contribution in [0.5, 0.6) is 0 Å². The fourth-order valence-corrected chi connectivity index (χ4v) is 5.31. The van der Waals surface area contributed by atoms with Crippen LogP contribution in [0.2, 0.25) is 0 Å². The molecule has 1 atom stereocenters. The van der Waals surface area contributed by atoms with Crippen LogP contribution in [0.15, 0.2) is 46.2 Å². The van der Waals surface area contributed by atoms with Crippen LogP contribution in [0.1, 0.15) is 37.0 Å². The lowest BCUT2D eigenvalue weighted by Crippen LogP contribution is -2.31. The van der Waals surface area contributed by atoms with Crippen molar-refractivity contribution in [1.82, 2.24) is 14.2 Å². The molecular weight excluding hydrogens is 378 g/mol. The topological polar surface area (TPSA) is 75.9 Å². The first-order valence-electron chi connectivity index (χ1n) is 9.93. The fraction of sp³-hybridized carbons (Fsp3) is 0.550. The standard InChI is InChI=1S/C20H27N3O4S/c24-28(25,23-10-1-2-11-23)20-8-7-19(27-20)16-22(15-18-6-4-12-26-18)14-17-5-3-9-21-13-17/h3,5,7-9,13,18H,1-2,4,6,10-12,14-16H2. The predicted molar refractivity (Wildman–Crippen MR) is 104 cm³/mol. The van der Waals surface area contributed by atoms with E-state index in [-0.39, 0.29) is 11.2 Å². The van der Waals surface area contributed by atoms with Crippen LogP contribution in [0.4, 0.5) is 0 Å². The summed E-state index contributed by atoms with van der Waals surface area (Å²) in [5.74, 6) is 0.652. The van der Waals surface area contributed by atoms with E-state index in [9.17, 15) is 8.42 Å². The monoisotopic (exact) mass is 405 g/mol. The number of aromatic nitrogens is 1. The van der Waals surface area contributed by atoms with E-state index in [0.717, 1.165) is 44.4 Å². The summed E-state index contributed by atoms with van der Waals surface area (Å²) in [6.07, 6.45) is 7.78. The van der Waals surface area contributed by atoms with Crippen molar-refractivity contribution < 1.29 is 17.6 Å². The Labute approximate surface area is 166 Å². The van der Waals surface area contributed by atoms with Gasteiger partial charge in [0.1, 0.15) is 5.76 Å². The molecule has 0 aromatic carbocycles. The summed E-state index contributed by atoms with van der Waals surface area (Å²) >= 11 is 0. The maximum atomic E-state index is 12.7. The highest BCUT2D eigenvalue weighted by Crippen LogP contribution is 2.24. The zero-order chi connectivity index (χ0) is 19.4. The molecule has 2 aromatic rings. The second-order valence-electron chi connectivity index (χ2n) is 7.50. The number of nitrogens with zero attached hydrogens (tertiary/aromatic N) is 3. The van der Waals surface area contributed by atoms with Crippen LogP contribution >= 0.6 is 0 Å². The normalized spacial score (nSPS) is 21.0. The van der Waals surface area contributed by atoms with Crippen molar-refractivity contribution in [3.8, 4) is 0 Å². The molecule has 7 nitrogen and oxygen atoms in total. The minimum absolute atomic E-state index is 0.0443. The Hall–Kier alpha value is -1.74. The molecule has 152 valence electrons. The van der Waals surface area contributed by atoms with Gasteiger partial charge in [-0.3, -0.25) is 9.88 Å². The molecule has 2 fully saturated rings. The van der Waals surface area contributed by atoms with Crippen LogP contribution < -0.4 is 0 Å². The average molecular weight is 406 g/mol. The smallest absolute Gasteiger partial charge is 0.276 e. The van der Waals surface area contributed by atoms with Gasteiger partial charge in [0.25, 0.3) is 10.0 Å². The van der Waals surface area contributed by atoms with Gasteiger partial charge in [0.2, 0.25) is 5.09 Å². The van der Waals surface area contributed by atoms with E-state index in [1.54, 1.807) is 18.3 Å². The summed E-state index contributed by atoms with van der Waals surface area (Å²) in [7, 11) is -3.52. The van der Waals surface area contributed by atoms with E-state index >= 15 is 0 Å². The van der Waals surface area contributed by atoms with Gasteiger partial charge in [-0.1, -0.05) is 6.07 Å². The van der Waals surface area contributed by atoms with E-state index in [4.69, 9.17) is 9.15 Å². The largest absolute Gasteiger partial charge is 0.447 e. The maximum Gasteiger partial charge on any atom is 0.276 e. The number of pyridine rings is 1. The van der Waals surface area contributed by atoms with E-state index in [2.05, 4.69) is 9.88 Å². The van der Waals surface area contributed by atoms with Crippen molar-refractivity contribution in [3.63, 3.8) is 0 Å². The zero-order valence-electron chi connectivity index (χ0n) is 16.0. The van der Waals surface area contributed by atoms with Gasteiger partial charge in [-0.05, 0) is 49.4 Å². The minimum Gasteiger partial charge on any atom is -0.447 e. The van der Waals surface area contributed by atoms with Gasteiger partial charge in [-0.15, -0.1) is 0 Å². The summed E-state index contributed by atoms with van der Waals surface area (Å²) in [5.41, 5.74) is 1.11. The molecule has 0 bridgehead atoms. The molecule has 2 saturated heterocycles. The van der Waals surface area contributed by atoms with Crippen molar-refractivity contribution in [3.05, 3.63) is 48.0 Å². The fourth-order valence-electron chi connectivity index (χ4n) is 3.87. The zero-order valence-corrected chi connectivity index (χ0v) is 16.8. The summed E-state index contributed by atoms with van der Waals surface area (Å²) in [4.78, 5) is 6.43. The number of hydrogen-bond acceptors (Lipinski definition) is 6. The van der Waals surface area contributed by atoms with Crippen LogP contribution in [0, 0.1) is 0 Å². The molecule has 0 N–H and O–H groups in total. The number of hydrogen-bond donors (Lipinski definition) is 0. The quantitative estimate of drug-likeness (QED) is 0.672. The third kappa shape index (κ3) is 4.63. The SMILES string of the molecule is O=S(=O)(c1ccc(CN(Cc2cccnc2)CC2CCCO2)o1)N1CCCC1. The molecular formula is C20H27N3O4S. The average Bonchev–Trinajstić information content (AvgIpc) is 3.45. The van der Waals surface area contributed by atoms with Gasteiger partial charge in [-0.25, -0.2) is 8.42 Å².